The largest absolute Gasteiger partial charge is 0.416 e. The minimum atomic E-state index is -4.58. The fourth-order valence-electron chi connectivity index (χ4n) is 3.15. The van der Waals surface area contributed by atoms with E-state index in [1.165, 1.54) is 31.2 Å². The molecule has 3 rings (SSSR count). The number of nitrogens with zero attached hydrogens (tertiary/aromatic N) is 2. The topological polar surface area (TPSA) is 84.7 Å². The molecule has 0 unspecified atom stereocenters. The van der Waals surface area contributed by atoms with E-state index in [4.69, 9.17) is 4.74 Å². The molecule has 1 heterocycles. The summed E-state index contributed by atoms with van der Waals surface area (Å²) in [6, 6.07) is 7.14. The molecule has 2 aromatic carbocycles. The maximum Gasteiger partial charge on any atom is 0.416 e. The van der Waals surface area contributed by atoms with Crippen LogP contribution in [0.2, 0.25) is 0 Å². The molecule has 1 N–H and O–H groups in total. The molecule has 2 aromatic rings. The number of amides is 1. The highest BCUT2D eigenvalue weighted by Gasteiger charge is 2.32. The number of hydrogen-bond acceptors (Lipinski definition) is 5. The van der Waals surface area contributed by atoms with Gasteiger partial charge in [0, 0.05) is 30.3 Å². The van der Waals surface area contributed by atoms with Gasteiger partial charge in [-0.1, -0.05) is 6.07 Å². The molecule has 0 aliphatic carbocycles. The van der Waals surface area contributed by atoms with Crippen molar-refractivity contribution in [2.45, 2.75) is 13.1 Å². The zero-order valence-electron chi connectivity index (χ0n) is 15.5. The lowest BCUT2D eigenvalue weighted by Gasteiger charge is -2.31. The van der Waals surface area contributed by atoms with Crippen LogP contribution in [0.15, 0.2) is 36.4 Å². The van der Waals surface area contributed by atoms with Crippen molar-refractivity contribution in [1.82, 2.24) is 0 Å². The van der Waals surface area contributed by atoms with E-state index < -0.39 is 22.6 Å². The Morgan fingerprint density at radius 3 is 2.52 bits per heavy atom. The van der Waals surface area contributed by atoms with Crippen molar-refractivity contribution in [3.8, 4) is 0 Å². The van der Waals surface area contributed by atoms with Crippen LogP contribution in [0.5, 0.6) is 0 Å². The number of carbonyl (C=O) groups excluding carboxylic acids is 1. The normalized spacial score (nSPS) is 14.6. The highest BCUT2D eigenvalue weighted by Crippen LogP contribution is 2.36. The summed E-state index contributed by atoms with van der Waals surface area (Å²) in [6.45, 7) is 3.17. The van der Waals surface area contributed by atoms with E-state index in [2.05, 4.69) is 5.32 Å². The van der Waals surface area contributed by atoms with Gasteiger partial charge in [0.05, 0.1) is 35.1 Å². The Morgan fingerprint density at radius 1 is 1.21 bits per heavy atom. The number of alkyl halides is 3. The number of morpholine rings is 1. The maximum absolute atomic E-state index is 13.2. The first-order chi connectivity index (χ1) is 13.7. The first kappa shape index (κ1) is 20.6. The zero-order chi connectivity index (χ0) is 21.2. The smallest absolute Gasteiger partial charge is 0.378 e. The molecule has 1 saturated heterocycles. The third-order valence-electron chi connectivity index (χ3n) is 4.67. The standard InChI is InChI=1S/C19H18F3N3O4/c1-12-14(3-2-4-16(12)25(27)28)18(26)23-15-11-13(19(20,21)22)5-6-17(15)24-7-9-29-10-8-24/h2-6,11H,7-10H2,1H3,(H,23,26). The molecule has 1 aliphatic heterocycles. The number of carbonyl (C=O) groups is 1. The number of nitro groups is 1. The number of ether oxygens (including phenoxy) is 1. The van der Waals surface area contributed by atoms with Gasteiger partial charge in [-0.2, -0.15) is 13.2 Å². The van der Waals surface area contributed by atoms with E-state index in [1.54, 1.807) is 0 Å². The van der Waals surface area contributed by atoms with Gasteiger partial charge < -0.3 is 15.0 Å². The molecule has 0 radical (unpaired) electrons. The van der Waals surface area contributed by atoms with Crippen LogP contribution in [-0.4, -0.2) is 37.1 Å². The molecule has 154 valence electrons. The van der Waals surface area contributed by atoms with E-state index in [9.17, 15) is 28.1 Å². The van der Waals surface area contributed by atoms with Crippen molar-refractivity contribution in [1.29, 1.82) is 0 Å². The van der Waals surface area contributed by atoms with Gasteiger partial charge in [0.2, 0.25) is 0 Å². The molecule has 0 spiro atoms. The van der Waals surface area contributed by atoms with Gasteiger partial charge in [-0.25, -0.2) is 0 Å². The Bertz CT molecular complexity index is 941. The summed E-state index contributed by atoms with van der Waals surface area (Å²) in [5, 5.41) is 13.6. The van der Waals surface area contributed by atoms with Crippen LogP contribution in [0.3, 0.4) is 0 Å². The Hall–Kier alpha value is -3.14. The van der Waals surface area contributed by atoms with Crippen LogP contribution in [0.4, 0.5) is 30.2 Å². The minimum Gasteiger partial charge on any atom is -0.378 e. The summed E-state index contributed by atoms with van der Waals surface area (Å²) in [5.74, 6) is -0.722. The number of nitrogens with one attached hydrogen (secondary N) is 1. The van der Waals surface area contributed by atoms with Gasteiger partial charge in [-0.3, -0.25) is 14.9 Å². The monoisotopic (exact) mass is 409 g/mol. The molecule has 1 aliphatic rings. The summed E-state index contributed by atoms with van der Waals surface area (Å²) >= 11 is 0. The van der Waals surface area contributed by atoms with E-state index in [0.29, 0.717) is 32.0 Å². The second kappa shape index (κ2) is 8.08. The summed E-state index contributed by atoms with van der Waals surface area (Å²) in [7, 11) is 0. The van der Waals surface area contributed by atoms with E-state index >= 15 is 0 Å². The van der Waals surface area contributed by atoms with Crippen molar-refractivity contribution in [3.63, 3.8) is 0 Å². The van der Waals surface area contributed by atoms with Gasteiger partial charge in [0.1, 0.15) is 0 Å². The molecule has 0 aromatic heterocycles. The van der Waals surface area contributed by atoms with Crippen LogP contribution in [0, 0.1) is 17.0 Å². The fourth-order valence-corrected chi connectivity index (χ4v) is 3.15. The number of anilines is 2. The van der Waals surface area contributed by atoms with Gasteiger partial charge in [-0.15, -0.1) is 0 Å². The Labute approximate surface area is 164 Å². The van der Waals surface area contributed by atoms with Crippen molar-refractivity contribution in [2.24, 2.45) is 0 Å². The lowest BCUT2D eigenvalue weighted by molar-refractivity contribution is -0.385. The second-order valence-electron chi connectivity index (χ2n) is 6.49. The average molecular weight is 409 g/mol. The quantitative estimate of drug-likeness (QED) is 0.609. The summed E-state index contributed by atoms with van der Waals surface area (Å²) in [6.07, 6.45) is -4.58. The minimum absolute atomic E-state index is 0.0161. The Balaban J connectivity index is 1.99. The number of hydrogen-bond donors (Lipinski definition) is 1. The molecule has 0 atom stereocenters. The van der Waals surface area contributed by atoms with Crippen molar-refractivity contribution < 1.29 is 27.6 Å². The predicted octanol–water partition coefficient (Wildman–Crippen LogP) is 4.01. The average Bonchev–Trinajstić information content (AvgIpc) is 2.67. The van der Waals surface area contributed by atoms with E-state index in [1.807, 2.05) is 4.90 Å². The number of benzene rings is 2. The molecule has 0 saturated carbocycles. The van der Waals surface area contributed by atoms with Gasteiger partial charge >= 0.3 is 6.18 Å². The van der Waals surface area contributed by atoms with Crippen molar-refractivity contribution in [2.75, 3.05) is 36.5 Å². The van der Waals surface area contributed by atoms with Crippen molar-refractivity contribution in [3.05, 3.63) is 63.2 Å². The summed E-state index contributed by atoms with van der Waals surface area (Å²) < 4.78 is 44.8. The van der Waals surface area contributed by atoms with Gasteiger partial charge in [0.25, 0.3) is 11.6 Å². The second-order valence-corrected chi connectivity index (χ2v) is 6.49. The Kier molecular flexibility index (Phi) is 5.73. The van der Waals surface area contributed by atoms with E-state index in [0.717, 1.165) is 12.1 Å². The lowest BCUT2D eigenvalue weighted by atomic mass is 10.1. The predicted molar refractivity (Wildman–Crippen MR) is 100 cm³/mol. The van der Waals surface area contributed by atoms with Crippen LogP contribution in [-0.2, 0) is 10.9 Å². The van der Waals surface area contributed by atoms with Crippen LogP contribution in [0.25, 0.3) is 0 Å². The van der Waals surface area contributed by atoms with Crippen molar-refractivity contribution >= 4 is 23.0 Å². The Morgan fingerprint density at radius 2 is 1.90 bits per heavy atom. The van der Waals surface area contributed by atoms with Gasteiger partial charge in [0.15, 0.2) is 0 Å². The molecular formula is C19H18F3N3O4. The molecule has 10 heteroatoms. The summed E-state index contributed by atoms with van der Waals surface area (Å²) in [5.41, 5.74) is -0.578. The highest BCUT2D eigenvalue weighted by atomic mass is 19.4. The van der Waals surface area contributed by atoms with Crippen LogP contribution < -0.4 is 10.2 Å². The molecule has 0 bridgehead atoms. The lowest BCUT2D eigenvalue weighted by Crippen LogP contribution is -2.37. The molecule has 1 amide bonds. The number of halogens is 3. The highest BCUT2D eigenvalue weighted by molar-refractivity contribution is 6.07. The third kappa shape index (κ3) is 4.48. The fraction of sp³-hybridized carbons (Fsp3) is 0.316. The molecule has 29 heavy (non-hydrogen) atoms. The number of nitro benzene ring substituents is 1. The van der Waals surface area contributed by atoms with Crippen LogP contribution in [0.1, 0.15) is 21.5 Å². The first-order valence-corrected chi connectivity index (χ1v) is 8.78. The summed E-state index contributed by atoms with van der Waals surface area (Å²) in [4.78, 5) is 25.1. The molecular weight excluding hydrogens is 391 g/mol. The van der Waals surface area contributed by atoms with Gasteiger partial charge in [-0.05, 0) is 31.2 Å². The SMILES string of the molecule is Cc1c(C(=O)Nc2cc(C(F)(F)F)ccc2N2CCOCC2)cccc1[N+](=O)[O-]. The van der Waals surface area contributed by atoms with Crippen LogP contribution >= 0.6 is 0 Å². The zero-order valence-corrected chi connectivity index (χ0v) is 15.5. The molecule has 1 fully saturated rings. The molecule has 7 nitrogen and oxygen atoms in total. The van der Waals surface area contributed by atoms with E-state index in [-0.39, 0.29) is 22.5 Å². The maximum atomic E-state index is 13.2. The number of rotatable bonds is 4. The first-order valence-electron chi connectivity index (χ1n) is 8.78. The third-order valence-corrected chi connectivity index (χ3v) is 4.67.